The maximum atomic E-state index is 11.8. The summed E-state index contributed by atoms with van der Waals surface area (Å²) in [6.07, 6.45) is 6.58. The number of carbonyl (C=O) groups excluding carboxylic acids is 1. The number of rotatable bonds is 1. The Balaban J connectivity index is 1.97. The number of ether oxygens (including phenoxy) is 1. The molecule has 0 aliphatic heterocycles. The Morgan fingerprint density at radius 2 is 2.00 bits per heavy atom. The number of carbonyl (C=O) groups is 1. The second kappa shape index (κ2) is 3.11. The van der Waals surface area contributed by atoms with E-state index in [1.54, 1.807) is 0 Å². The molecule has 0 unspecified atom stereocenters. The monoisotopic (exact) mass is 194 g/mol. The van der Waals surface area contributed by atoms with E-state index >= 15 is 0 Å². The van der Waals surface area contributed by atoms with Crippen molar-refractivity contribution in [2.24, 2.45) is 17.8 Å². The van der Waals surface area contributed by atoms with Gasteiger partial charge >= 0.3 is 5.97 Å². The molecular weight excluding hydrogens is 176 g/mol. The van der Waals surface area contributed by atoms with E-state index in [-0.39, 0.29) is 17.5 Å². The lowest BCUT2D eigenvalue weighted by Gasteiger charge is -2.24. The fraction of sp³-hybridized carbons (Fsp3) is 0.750. The molecule has 78 valence electrons. The van der Waals surface area contributed by atoms with Crippen molar-refractivity contribution in [3.63, 3.8) is 0 Å². The molecule has 2 rings (SSSR count). The van der Waals surface area contributed by atoms with Gasteiger partial charge in [0.1, 0.15) is 5.60 Å². The predicted molar refractivity (Wildman–Crippen MR) is 54.7 cm³/mol. The van der Waals surface area contributed by atoms with Crippen molar-refractivity contribution < 1.29 is 9.53 Å². The van der Waals surface area contributed by atoms with E-state index < -0.39 is 0 Å². The van der Waals surface area contributed by atoms with Gasteiger partial charge in [-0.15, -0.1) is 0 Å². The van der Waals surface area contributed by atoms with Gasteiger partial charge in [-0.05, 0) is 45.4 Å². The summed E-state index contributed by atoms with van der Waals surface area (Å²) >= 11 is 0. The third-order valence-corrected chi connectivity index (χ3v) is 2.99. The Morgan fingerprint density at radius 1 is 1.29 bits per heavy atom. The van der Waals surface area contributed by atoms with E-state index in [0.717, 1.165) is 12.8 Å². The summed E-state index contributed by atoms with van der Waals surface area (Å²) < 4.78 is 5.40. The van der Waals surface area contributed by atoms with Crippen LogP contribution in [-0.2, 0) is 9.53 Å². The second-order valence-electron chi connectivity index (χ2n) is 5.42. The van der Waals surface area contributed by atoms with Crippen LogP contribution in [0.2, 0.25) is 0 Å². The van der Waals surface area contributed by atoms with Crippen molar-refractivity contribution in [1.82, 2.24) is 0 Å². The lowest BCUT2D eigenvalue weighted by atomic mass is 9.93. The van der Waals surface area contributed by atoms with Gasteiger partial charge < -0.3 is 4.74 Å². The Labute approximate surface area is 85.3 Å². The summed E-state index contributed by atoms with van der Waals surface area (Å²) in [4.78, 5) is 11.8. The molecule has 0 spiro atoms. The van der Waals surface area contributed by atoms with E-state index in [9.17, 15) is 4.79 Å². The molecular formula is C12H18O2. The van der Waals surface area contributed by atoms with Crippen LogP contribution in [0.3, 0.4) is 0 Å². The van der Waals surface area contributed by atoms with Crippen molar-refractivity contribution in [2.75, 3.05) is 0 Å². The van der Waals surface area contributed by atoms with Gasteiger partial charge in [0.2, 0.25) is 0 Å². The molecule has 2 aliphatic carbocycles. The molecule has 2 nitrogen and oxygen atoms in total. The lowest BCUT2D eigenvalue weighted by molar-refractivity contribution is -0.160. The summed E-state index contributed by atoms with van der Waals surface area (Å²) in [5.41, 5.74) is -0.345. The summed E-state index contributed by atoms with van der Waals surface area (Å²) in [5.74, 6) is 1.21. The molecule has 1 fully saturated rings. The zero-order chi connectivity index (χ0) is 10.3. The number of hydrogen-bond acceptors (Lipinski definition) is 2. The Morgan fingerprint density at radius 3 is 2.43 bits per heavy atom. The molecule has 14 heavy (non-hydrogen) atoms. The molecule has 0 amide bonds. The SMILES string of the molecule is CC(C)(C)OC(=O)[C@@H]1C[C@@H]2C=C[C@H]1C2. The first-order chi connectivity index (χ1) is 6.46. The van der Waals surface area contributed by atoms with E-state index in [4.69, 9.17) is 4.74 Å². The quantitative estimate of drug-likeness (QED) is 0.473. The average Bonchev–Trinajstić information content (AvgIpc) is 2.59. The van der Waals surface area contributed by atoms with E-state index in [1.807, 2.05) is 20.8 Å². The zero-order valence-corrected chi connectivity index (χ0v) is 9.12. The summed E-state index contributed by atoms with van der Waals surface area (Å²) in [7, 11) is 0. The van der Waals surface area contributed by atoms with Gasteiger partial charge in [0.15, 0.2) is 0 Å². The second-order valence-corrected chi connectivity index (χ2v) is 5.42. The average molecular weight is 194 g/mol. The number of esters is 1. The first-order valence-electron chi connectivity index (χ1n) is 5.37. The smallest absolute Gasteiger partial charge is 0.310 e. The highest BCUT2D eigenvalue weighted by Crippen LogP contribution is 2.44. The molecule has 0 heterocycles. The normalized spacial score (nSPS) is 34.9. The van der Waals surface area contributed by atoms with Crippen LogP contribution in [0, 0.1) is 17.8 Å². The number of allylic oxidation sites excluding steroid dienone is 2. The van der Waals surface area contributed by atoms with Gasteiger partial charge in [-0.1, -0.05) is 12.2 Å². The minimum Gasteiger partial charge on any atom is -0.460 e. The van der Waals surface area contributed by atoms with Crippen LogP contribution in [0.1, 0.15) is 33.6 Å². The van der Waals surface area contributed by atoms with Crippen LogP contribution in [0.15, 0.2) is 12.2 Å². The first-order valence-corrected chi connectivity index (χ1v) is 5.37. The Bertz CT molecular complexity index is 273. The summed E-state index contributed by atoms with van der Waals surface area (Å²) in [6, 6.07) is 0. The van der Waals surface area contributed by atoms with Crippen molar-refractivity contribution in [2.45, 2.75) is 39.2 Å². The molecule has 0 N–H and O–H groups in total. The van der Waals surface area contributed by atoms with Gasteiger partial charge in [0.05, 0.1) is 5.92 Å². The first kappa shape index (κ1) is 9.75. The van der Waals surface area contributed by atoms with Crippen molar-refractivity contribution in [3.05, 3.63) is 12.2 Å². The largest absolute Gasteiger partial charge is 0.460 e. The molecule has 3 atom stereocenters. The van der Waals surface area contributed by atoms with E-state index in [2.05, 4.69) is 12.2 Å². The van der Waals surface area contributed by atoms with E-state index in [0.29, 0.717) is 11.8 Å². The highest BCUT2D eigenvalue weighted by molar-refractivity contribution is 5.74. The van der Waals surface area contributed by atoms with Crippen molar-refractivity contribution in [3.8, 4) is 0 Å². The molecule has 2 heteroatoms. The zero-order valence-electron chi connectivity index (χ0n) is 9.12. The van der Waals surface area contributed by atoms with Gasteiger partial charge in [0, 0.05) is 0 Å². The standard InChI is InChI=1S/C12H18O2/c1-12(2,3)14-11(13)10-7-8-4-5-9(10)6-8/h4-5,8-10H,6-7H2,1-3H3/t8-,9+,10-/m1/s1. The maximum Gasteiger partial charge on any atom is 0.310 e. The van der Waals surface area contributed by atoms with Gasteiger partial charge in [-0.25, -0.2) is 0 Å². The molecule has 2 bridgehead atoms. The highest BCUT2D eigenvalue weighted by Gasteiger charge is 2.41. The van der Waals surface area contributed by atoms with Gasteiger partial charge in [-0.2, -0.15) is 0 Å². The molecule has 0 aromatic rings. The summed E-state index contributed by atoms with van der Waals surface area (Å²) in [5, 5.41) is 0. The Kier molecular flexibility index (Phi) is 2.17. The minimum atomic E-state index is -0.345. The highest BCUT2D eigenvalue weighted by atomic mass is 16.6. The lowest BCUT2D eigenvalue weighted by Crippen LogP contribution is -2.30. The van der Waals surface area contributed by atoms with Gasteiger partial charge in [0.25, 0.3) is 0 Å². The molecule has 0 radical (unpaired) electrons. The van der Waals surface area contributed by atoms with Crippen molar-refractivity contribution >= 4 is 5.97 Å². The van der Waals surface area contributed by atoms with Gasteiger partial charge in [-0.3, -0.25) is 4.79 Å². The molecule has 0 aromatic carbocycles. The predicted octanol–water partition coefficient (Wildman–Crippen LogP) is 2.54. The molecule has 1 saturated carbocycles. The molecule has 0 aromatic heterocycles. The van der Waals surface area contributed by atoms with Crippen LogP contribution >= 0.6 is 0 Å². The third kappa shape index (κ3) is 1.84. The third-order valence-electron chi connectivity index (χ3n) is 2.99. The molecule has 0 saturated heterocycles. The van der Waals surface area contributed by atoms with Crippen molar-refractivity contribution in [1.29, 1.82) is 0 Å². The van der Waals surface area contributed by atoms with E-state index in [1.165, 1.54) is 0 Å². The maximum absolute atomic E-state index is 11.8. The van der Waals surface area contributed by atoms with Crippen LogP contribution in [-0.4, -0.2) is 11.6 Å². The van der Waals surface area contributed by atoms with Crippen LogP contribution < -0.4 is 0 Å². The minimum absolute atomic E-state index is 0.00523. The topological polar surface area (TPSA) is 26.3 Å². The van der Waals surface area contributed by atoms with Crippen LogP contribution in [0.4, 0.5) is 0 Å². The Hall–Kier alpha value is -0.790. The van der Waals surface area contributed by atoms with Crippen LogP contribution in [0.25, 0.3) is 0 Å². The van der Waals surface area contributed by atoms with Crippen LogP contribution in [0.5, 0.6) is 0 Å². The fourth-order valence-corrected chi connectivity index (χ4v) is 2.43. The number of hydrogen-bond donors (Lipinski definition) is 0. The molecule has 2 aliphatic rings. The fourth-order valence-electron chi connectivity index (χ4n) is 2.43. The number of fused-ring (bicyclic) bond motifs is 2. The summed E-state index contributed by atoms with van der Waals surface area (Å²) in [6.45, 7) is 5.77.